The molecule has 0 spiro atoms. The van der Waals surface area contributed by atoms with Crippen LogP contribution in [-0.2, 0) is 32.7 Å². The van der Waals surface area contributed by atoms with E-state index in [1.54, 1.807) is 0 Å². The van der Waals surface area contributed by atoms with Gasteiger partial charge < -0.3 is 18.9 Å². The SMILES string of the molecule is C=CCCCCCCCCCCCCCCCC(=O)O[C@H](COC(=O)CCCCCCCCCCCCCCCCCC)COP(=O)(O)OCC[N+](C)(C)C. The Hall–Kier alpha value is -1.25. The van der Waals surface area contributed by atoms with E-state index in [4.69, 9.17) is 18.5 Å². The van der Waals surface area contributed by atoms with Crippen LogP contribution in [0, 0.1) is 0 Å². The molecule has 10 heteroatoms. The van der Waals surface area contributed by atoms with Crippen LogP contribution < -0.4 is 0 Å². The molecular weight excluding hydrogens is 713 g/mol. The van der Waals surface area contributed by atoms with Crippen molar-refractivity contribution in [2.75, 3.05) is 47.5 Å². The number of unbranched alkanes of at least 4 members (excludes halogenated alkanes) is 28. The number of carbonyl (C=O) groups is 2. The Labute approximate surface area is 339 Å². The molecule has 9 nitrogen and oxygen atoms in total. The van der Waals surface area contributed by atoms with Crippen LogP contribution in [0.3, 0.4) is 0 Å². The first-order valence-corrected chi connectivity index (χ1v) is 24.4. The Bertz CT molecular complexity index is 940. The monoisotopic (exact) mass is 803 g/mol. The second kappa shape index (κ2) is 38.3. The number of hydrogen-bond acceptors (Lipinski definition) is 7. The van der Waals surface area contributed by atoms with E-state index < -0.39 is 26.5 Å². The van der Waals surface area contributed by atoms with Crippen molar-refractivity contribution in [2.24, 2.45) is 0 Å². The Balaban J connectivity index is 4.28. The minimum Gasteiger partial charge on any atom is -0.462 e. The first-order valence-electron chi connectivity index (χ1n) is 22.9. The van der Waals surface area contributed by atoms with Gasteiger partial charge in [0.15, 0.2) is 6.10 Å². The summed E-state index contributed by atoms with van der Waals surface area (Å²) in [6.07, 6.45) is 38.6. The van der Waals surface area contributed by atoms with Gasteiger partial charge in [-0.05, 0) is 25.7 Å². The second-order valence-electron chi connectivity index (χ2n) is 16.9. The normalized spacial score (nSPS) is 13.4. The Kier molecular flexibility index (Phi) is 37.4. The third-order valence-electron chi connectivity index (χ3n) is 10.2. The number of allylic oxidation sites excluding steroid dienone is 1. The summed E-state index contributed by atoms with van der Waals surface area (Å²) in [5.41, 5.74) is 0. The van der Waals surface area contributed by atoms with E-state index in [1.165, 1.54) is 148 Å². The molecule has 0 aromatic rings. The minimum absolute atomic E-state index is 0.0345. The van der Waals surface area contributed by atoms with Gasteiger partial charge in [0.25, 0.3) is 0 Å². The highest BCUT2D eigenvalue weighted by Gasteiger charge is 2.27. The number of ether oxygens (including phenoxy) is 2. The standard InChI is InChI=1S/C45H88NO8P/c1-6-8-10-12-14-16-18-20-22-24-25-27-29-31-33-35-37-44(47)51-41-43(42-53-55(49,50)52-40-39-46(3,4)5)54-45(48)38-36-34-32-30-28-26-23-21-19-17-15-13-11-9-7-2/h7,43H,2,6,8-42H2,1,3-5H3/p+1/t43-/m1/s1. The summed E-state index contributed by atoms with van der Waals surface area (Å²) >= 11 is 0. The van der Waals surface area contributed by atoms with Gasteiger partial charge >= 0.3 is 19.8 Å². The maximum Gasteiger partial charge on any atom is 0.472 e. The third kappa shape index (κ3) is 42.2. The molecule has 55 heavy (non-hydrogen) atoms. The van der Waals surface area contributed by atoms with E-state index in [9.17, 15) is 19.0 Å². The lowest BCUT2D eigenvalue weighted by atomic mass is 10.0. The summed E-state index contributed by atoms with van der Waals surface area (Å²) in [4.78, 5) is 35.4. The molecule has 0 saturated carbocycles. The van der Waals surface area contributed by atoms with Crippen molar-refractivity contribution in [3.05, 3.63) is 12.7 Å². The summed E-state index contributed by atoms with van der Waals surface area (Å²) in [5, 5.41) is 0. The van der Waals surface area contributed by atoms with Crippen LogP contribution >= 0.6 is 7.82 Å². The zero-order chi connectivity index (χ0) is 40.7. The Morgan fingerprint density at radius 1 is 0.582 bits per heavy atom. The molecule has 0 aliphatic rings. The summed E-state index contributed by atoms with van der Waals surface area (Å²) in [5.74, 6) is -0.789. The first kappa shape index (κ1) is 53.8. The van der Waals surface area contributed by atoms with Crippen LogP contribution in [0.25, 0.3) is 0 Å². The second-order valence-corrected chi connectivity index (χ2v) is 18.3. The number of esters is 2. The van der Waals surface area contributed by atoms with Crippen molar-refractivity contribution in [2.45, 2.75) is 218 Å². The number of phosphoric acid groups is 1. The van der Waals surface area contributed by atoms with Crippen molar-refractivity contribution in [3.63, 3.8) is 0 Å². The van der Waals surface area contributed by atoms with Crippen LogP contribution in [-0.4, -0.2) is 74.9 Å². The zero-order valence-corrected chi connectivity index (χ0v) is 37.4. The summed E-state index contributed by atoms with van der Waals surface area (Å²) in [6.45, 7) is 5.97. The number of phosphoric ester groups is 1. The van der Waals surface area contributed by atoms with E-state index in [1.807, 2.05) is 27.2 Å². The molecule has 2 atom stereocenters. The highest BCUT2D eigenvalue weighted by atomic mass is 31.2. The highest BCUT2D eigenvalue weighted by molar-refractivity contribution is 7.47. The number of hydrogen-bond donors (Lipinski definition) is 1. The smallest absolute Gasteiger partial charge is 0.462 e. The van der Waals surface area contributed by atoms with Crippen LogP contribution in [0.15, 0.2) is 12.7 Å². The summed E-state index contributed by atoms with van der Waals surface area (Å²) in [7, 11) is 1.49. The lowest BCUT2D eigenvalue weighted by Crippen LogP contribution is -2.37. The number of rotatable bonds is 43. The van der Waals surface area contributed by atoms with E-state index in [0.717, 1.165) is 38.5 Å². The lowest BCUT2D eigenvalue weighted by Gasteiger charge is -2.24. The van der Waals surface area contributed by atoms with Crippen molar-refractivity contribution < 1.29 is 42.1 Å². The summed E-state index contributed by atoms with van der Waals surface area (Å²) < 4.78 is 34.3. The van der Waals surface area contributed by atoms with Gasteiger partial charge in [-0.15, -0.1) is 6.58 Å². The largest absolute Gasteiger partial charge is 0.472 e. The van der Waals surface area contributed by atoms with E-state index in [2.05, 4.69) is 13.5 Å². The topological polar surface area (TPSA) is 108 Å². The number of carbonyl (C=O) groups excluding carboxylic acids is 2. The van der Waals surface area contributed by atoms with Gasteiger partial charge in [0.2, 0.25) is 0 Å². The zero-order valence-electron chi connectivity index (χ0n) is 36.5. The van der Waals surface area contributed by atoms with Gasteiger partial charge in [-0.1, -0.05) is 180 Å². The van der Waals surface area contributed by atoms with Gasteiger partial charge in [0.1, 0.15) is 19.8 Å². The third-order valence-corrected chi connectivity index (χ3v) is 11.2. The average Bonchev–Trinajstić information content (AvgIpc) is 3.13. The molecule has 0 aliphatic heterocycles. The van der Waals surface area contributed by atoms with Crippen molar-refractivity contribution in [3.8, 4) is 0 Å². The molecule has 0 radical (unpaired) electrons. The highest BCUT2D eigenvalue weighted by Crippen LogP contribution is 2.43. The molecule has 0 aliphatic carbocycles. The van der Waals surface area contributed by atoms with Crippen LogP contribution in [0.4, 0.5) is 0 Å². The van der Waals surface area contributed by atoms with Crippen molar-refractivity contribution in [1.82, 2.24) is 0 Å². The molecule has 0 bridgehead atoms. The van der Waals surface area contributed by atoms with Gasteiger partial charge in [-0.2, -0.15) is 0 Å². The number of nitrogens with zero attached hydrogens (tertiary/aromatic N) is 1. The molecule has 1 unspecified atom stereocenters. The van der Waals surface area contributed by atoms with Crippen LogP contribution in [0.5, 0.6) is 0 Å². The van der Waals surface area contributed by atoms with Gasteiger partial charge in [-0.3, -0.25) is 18.6 Å². The predicted octanol–water partition coefficient (Wildman–Crippen LogP) is 13.0. The predicted molar refractivity (Wildman–Crippen MR) is 229 cm³/mol. The average molecular weight is 803 g/mol. The molecule has 0 saturated heterocycles. The van der Waals surface area contributed by atoms with Gasteiger partial charge in [0.05, 0.1) is 27.7 Å². The van der Waals surface area contributed by atoms with Gasteiger partial charge in [-0.25, -0.2) is 4.57 Å². The molecule has 0 amide bonds. The fraction of sp³-hybridized carbons (Fsp3) is 0.911. The molecule has 1 N–H and O–H groups in total. The fourth-order valence-corrected chi connectivity index (χ4v) is 7.33. The number of quaternary nitrogens is 1. The quantitative estimate of drug-likeness (QED) is 0.0213. The van der Waals surface area contributed by atoms with Gasteiger partial charge in [0, 0.05) is 12.8 Å². The molecule has 0 rings (SSSR count). The molecule has 0 aromatic carbocycles. The van der Waals surface area contributed by atoms with E-state index in [0.29, 0.717) is 23.9 Å². The molecular formula is C45H89NO8P+. The Morgan fingerprint density at radius 3 is 1.36 bits per heavy atom. The summed E-state index contributed by atoms with van der Waals surface area (Å²) in [6, 6.07) is 0. The maximum atomic E-state index is 12.7. The van der Waals surface area contributed by atoms with Crippen molar-refractivity contribution >= 4 is 19.8 Å². The maximum absolute atomic E-state index is 12.7. The Morgan fingerprint density at radius 2 is 0.964 bits per heavy atom. The van der Waals surface area contributed by atoms with E-state index >= 15 is 0 Å². The van der Waals surface area contributed by atoms with Crippen molar-refractivity contribution in [1.29, 1.82) is 0 Å². The number of likely N-dealkylation sites (N-methyl/N-ethyl adjacent to an activating group) is 1. The fourth-order valence-electron chi connectivity index (χ4n) is 6.58. The van der Waals surface area contributed by atoms with E-state index in [-0.39, 0.29) is 25.6 Å². The first-order chi connectivity index (χ1) is 26.5. The van der Waals surface area contributed by atoms with Crippen LogP contribution in [0.1, 0.15) is 212 Å². The molecule has 0 heterocycles. The lowest BCUT2D eigenvalue weighted by molar-refractivity contribution is -0.870. The molecule has 0 fully saturated rings. The molecule has 0 aromatic heterocycles. The molecule has 326 valence electrons. The van der Waals surface area contributed by atoms with Crippen LogP contribution in [0.2, 0.25) is 0 Å². The minimum atomic E-state index is -4.37.